The molecule has 0 unspecified atom stereocenters. The van der Waals surface area contributed by atoms with Gasteiger partial charge in [0.25, 0.3) is 0 Å². The van der Waals surface area contributed by atoms with Crippen LogP contribution in [0.5, 0.6) is 0 Å². The molecule has 0 heterocycles. The summed E-state index contributed by atoms with van der Waals surface area (Å²) in [6.07, 6.45) is 7.81. The van der Waals surface area contributed by atoms with Gasteiger partial charge in [0.1, 0.15) is 0 Å². The normalized spacial score (nSPS) is 15.4. The Morgan fingerprint density at radius 2 is 1.67 bits per heavy atom. The first kappa shape index (κ1) is 16.1. The van der Waals surface area contributed by atoms with Crippen molar-refractivity contribution < 1.29 is 0 Å². The lowest BCUT2D eigenvalue weighted by Crippen LogP contribution is -2.06. The van der Waals surface area contributed by atoms with Crippen LogP contribution in [-0.4, -0.2) is 19.1 Å². The Hall–Kier alpha value is -1.90. The molecule has 3 heteroatoms. The molecule has 0 saturated carbocycles. The minimum atomic E-state index is 0.519. The van der Waals surface area contributed by atoms with Gasteiger partial charge in [-0.25, -0.2) is 4.99 Å². The molecule has 0 saturated heterocycles. The average molecular weight is 245 g/mol. The van der Waals surface area contributed by atoms with E-state index in [-0.39, 0.29) is 0 Å². The van der Waals surface area contributed by atoms with Gasteiger partial charge in [-0.2, -0.15) is 0 Å². The number of nitrogens with zero attached hydrogens (tertiary/aromatic N) is 2. The van der Waals surface area contributed by atoms with Crippen molar-refractivity contribution in [1.29, 1.82) is 0 Å². The molecule has 0 rings (SSSR count). The molecule has 0 bridgehead atoms. The largest absolute Gasteiger partial charge is 0.387 e. The second-order valence-electron chi connectivity index (χ2n) is 3.94. The first-order valence-corrected chi connectivity index (χ1v) is 5.89. The lowest BCUT2D eigenvalue weighted by atomic mass is 10.0. The molecule has 18 heavy (non-hydrogen) atoms. The van der Waals surface area contributed by atoms with Crippen LogP contribution >= 0.6 is 0 Å². The monoisotopic (exact) mass is 245 g/mol. The van der Waals surface area contributed by atoms with Gasteiger partial charge in [0.2, 0.25) is 0 Å². The number of nitrogens with two attached hydrogens (primary N) is 1. The zero-order valence-corrected chi connectivity index (χ0v) is 12.0. The van der Waals surface area contributed by atoms with Crippen LogP contribution in [0.1, 0.15) is 27.7 Å². The Morgan fingerprint density at radius 3 is 2.00 bits per heavy atom. The van der Waals surface area contributed by atoms with Crippen LogP contribution < -0.4 is 5.73 Å². The SMILES string of the molecule is C=C(C)C(=C\C(=C/C)C(\C=N/C)=C/C)/N=C(\C)N. The van der Waals surface area contributed by atoms with Crippen LogP contribution in [0.4, 0.5) is 0 Å². The van der Waals surface area contributed by atoms with Crippen molar-refractivity contribution in [2.24, 2.45) is 15.7 Å². The van der Waals surface area contributed by atoms with Gasteiger partial charge in [-0.15, -0.1) is 0 Å². The number of aliphatic imine (C=N–C) groups is 2. The molecular formula is C15H23N3. The molecule has 0 spiro atoms. The number of amidine groups is 1. The molecule has 0 atom stereocenters. The molecule has 0 radical (unpaired) electrons. The van der Waals surface area contributed by atoms with E-state index in [1.165, 1.54) is 0 Å². The Labute approximate surface area is 110 Å². The van der Waals surface area contributed by atoms with E-state index in [4.69, 9.17) is 5.73 Å². The van der Waals surface area contributed by atoms with Crippen molar-refractivity contribution in [1.82, 2.24) is 0 Å². The molecule has 0 aromatic heterocycles. The number of rotatable bonds is 5. The molecule has 0 aromatic carbocycles. The van der Waals surface area contributed by atoms with Crippen LogP contribution in [0.3, 0.4) is 0 Å². The Bertz CT molecular complexity index is 442. The number of hydrogen-bond donors (Lipinski definition) is 1. The summed E-state index contributed by atoms with van der Waals surface area (Å²) >= 11 is 0. The summed E-state index contributed by atoms with van der Waals surface area (Å²) in [5, 5.41) is 0. The molecular weight excluding hydrogens is 222 g/mol. The highest BCUT2D eigenvalue weighted by Gasteiger charge is 2.02. The van der Waals surface area contributed by atoms with Crippen molar-refractivity contribution in [2.45, 2.75) is 27.7 Å². The molecule has 0 aliphatic carbocycles. The second kappa shape index (κ2) is 8.23. The van der Waals surface area contributed by atoms with Gasteiger partial charge in [0.05, 0.1) is 11.5 Å². The van der Waals surface area contributed by atoms with Crippen molar-refractivity contribution in [3.8, 4) is 0 Å². The van der Waals surface area contributed by atoms with Gasteiger partial charge in [0.15, 0.2) is 0 Å². The van der Waals surface area contributed by atoms with Crippen LogP contribution in [0, 0.1) is 0 Å². The maximum absolute atomic E-state index is 5.62. The van der Waals surface area contributed by atoms with E-state index in [9.17, 15) is 0 Å². The van der Waals surface area contributed by atoms with Gasteiger partial charge in [-0.3, -0.25) is 4.99 Å². The lowest BCUT2D eigenvalue weighted by molar-refractivity contribution is 1.26. The summed E-state index contributed by atoms with van der Waals surface area (Å²) < 4.78 is 0. The highest BCUT2D eigenvalue weighted by molar-refractivity contribution is 5.86. The molecule has 3 nitrogen and oxygen atoms in total. The minimum Gasteiger partial charge on any atom is -0.387 e. The Kier molecular flexibility index (Phi) is 7.36. The zero-order chi connectivity index (χ0) is 14.1. The molecule has 0 amide bonds. The average Bonchev–Trinajstić information content (AvgIpc) is 2.31. The maximum Gasteiger partial charge on any atom is 0.0965 e. The summed E-state index contributed by atoms with van der Waals surface area (Å²) in [6.45, 7) is 11.5. The predicted octanol–water partition coefficient (Wildman–Crippen LogP) is 3.42. The van der Waals surface area contributed by atoms with Gasteiger partial charge < -0.3 is 5.73 Å². The summed E-state index contributed by atoms with van der Waals surface area (Å²) in [4.78, 5) is 8.33. The number of allylic oxidation sites excluding steroid dienone is 6. The minimum absolute atomic E-state index is 0.519. The fraction of sp³-hybridized carbons (Fsp3) is 0.333. The molecule has 0 aliphatic rings. The third-order valence-corrected chi connectivity index (χ3v) is 2.25. The van der Waals surface area contributed by atoms with E-state index >= 15 is 0 Å². The van der Waals surface area contributed by atoms with Gasteiger partial charge in [-0.05, 0) is 50.5 Å². The van der Waals surface area contributed by atoms with E-state index in [0.717, 1.165) is 22.4 Å². The first-order valence-electron chi connectivity index (χ1n) is 5.89. The van der Waals surface area contributed by atoms with Crippen LogP contribution in [0.25, 0.3) is 0 Å². The molecule has 0 fully saturated rings. The van der Waals surface area contributed by atoms with E-state index in [2.05, 4.69) is 16.6 Å². The lowest BCUT2D eigenvalue weighted by Gasteiger charge is -2.06. The van der Waals surface area contributed by atoms with Crippen LogP contribution in [-0.2, 0) is 0 Å². The van der Waals surface area contributed by atoms with Gasteiger partial charge in [0, 0.05) is 13.3 Å². The summed E-state index contributed by atoms with van der Waals surface area (Å²) in [5.74, 6) is 0.519. The molecule has 2 N–H and O–H groups in total. The zero-order valence-electron chi connectivity index (χ0n) is 12.0. The van der Waals surface area contributed by atoms with Crippen molar-refractivity contribution in [3.05, 3.63) is 47.2 Å². The van der Waals surface area contributed by atoms with E-state index in [0.29, 0.717) is 5.84 Å². The van der Waals surface area contributed by atoms with E-state index < -0.39 is 0 Å². The van der Waals surface area contributed by atoms with Crippen molar-refractivity contribution >= 4 is 12.1 Å². The van der Waals surface area contributed by atoms with E-state index in [1.807, 2.05) is 45.2 Å². The highest BCUT2D eigenvalue weighted by Crippen LogP contribution is 2.17. The van der Waals surface area contributed by atoms with Crippen LogP contribution in [0.2, 0.25) is 0 Å². The quantitative estimate of drug-likeness (QED) is 0.450. The third kappa shape index (κ3) is 5.43. The standard InChI is InChI=1S/C15H23N3/c1-7-13(14(8-2)10-17-6)9-15(11(3)4)18-12(5)16/h7-10H,3H2,1-2,4-6H3,(H2,16,18)/b13-7+,14-8-,15-9+,17-10-. The Morgan fingerprint density at radius 1 is 1.11 bits per heavy atom. The third-order valence-electron chi connectivity index (χ3n) is 2.25. The van der Waals surface area contributed by atoms with E-state index in [1.54, 1.807) is 14.0 Å². The second-order valence-corrected chi connectivity index (χ2v) is 3.94. The highest BCUT2D eigenvalue weighted by atomic mass is 14.9. The molecule has 98 valence electrons. The first-order chi connectivity index (χ1) is 8.46. The molecule has 0 aliphatic heterocycles. The summed E-state index contributed by atoms with van der Waals surface area (Å²) in [7, 11) is 1.75. The van der Waals surface area contributed by atoms with Gasteiger partial charge >= 0.3 is 0 Å². The fourth-order valence-electron chi connectivity index (χ4n) is 1.38. The van der Waals surface area contributed by atoms with Crippen molar-refractivity contribution in [2.75, 3.05) is 7.05 Å². The van der Waals surface area contributed by atoms with Crippen molar-refractivity contribution in [3.63, 3.8) is 0 Å². The Balaban J connectivity index is 5.57. The summed E-state index contributed by atoms with van der Waals surface area (Å²) in [5.41, 5.74) is 9.38. The smallest absolute Gasteiger partial charge is 0.0965 e. The summed E-state index contributed by atoms with van der Waals surface area (Å²) in [6, 6.07) is 0. The molecule has 0 aromatic rings. The fourth-order valence-corrected chi connectivity index (χ4v) is 1.38. The topological polar surface area (TPSA) is 50.7 Å². The number of hydrogen-bond acceptors (Lipinski definition) is 2. The predicted molar refractivity (Wildman–Crippen MR) is 82.1 cm³/mol. The maximum atomic E-state index is 5.62. The van der Waals surface area contributed by atoms with Crippen LogP contribution in [0.15, 0.2) is 57.2 Å². The van der Waals surface area contributed by atoms with Gasteiger partial charge in [-0.1, -0.05) is 18.7 Å².